The number of carbonyl (C=O) groups excluding carboxylic acids is 1. The van der Waals surface area contributed by atoms with Crippen LogP contribution < -0.4 is 9.47 Å². The molecule has 4 rings (SSSR count). The number of nitrogens with zero attached hydrogens (tertiary/aromatic N) is 3. The van der Waals surface area contributed by atoms with Gasteiger partial charge >= 0.3 is 0 Å². The number of hydrogen-bond acceptors (Lipinski definition) is 6. The highest BCUT2D eigenvalue weighted by Gasteiger charge is 2.36. The standard InChI is InChI=1S/C30H29N3O3S/c1-5-21(3)33-29(34)28(37-30(33)32-25-13-10-20(2)11-14-25)17-22-12-15-26(27(16-22)35-4)36-19-24-9-7-6-8-23(24)18-31/h6-17,21H,5,19H2,1-4H3/b28-17+,32-30?/t21-/m1/s1. The summed E-state index contributed by atoms with van der Waals surface area (Å²) in [5.74, 6) is 1.05. The van der Waals surface area contributed by atoms with Gasteiger partial charge in [0.1, 0.15) is 6.61 Å². The van der Waals surface area contributed by atoms with Gasteiger partial charge in [-0.25, -0.2) is 4.99 Å². The Balaban J connectivity index is 1.59. The fourth-order valence-corrected chi connectivity index (χ4v) is 4.91. The van der Waals surface area contributed by atoms with Gasteiger partial charge in [-0.15, -0.1) is 0 Å². The molecule has 0 radical (unpaired) electrons. The molecule has 37 heavy (non-hydrogen) atoms. The Kier molecular flexibility index (Phi) is 8.32. The van der Waals surface area contributed by atoms with E-state index in [1.54, 1.807) is 18.1 Å². The Bertz CT molecular complexity index is 1390. The minimum absolute atomic E-state index is 0.0247. The van der Waals surface area contributed by atoms with Gasteiger partial charge in [-0.3, -0.25) is 9.69 Å². The van der Waals surface area contributed by atoms with Crippen molar-refractivity contribution in [1.29, 1.82) is 5.26 Å². The molecule has 0 unspecified atom stereocenters. The average molecular weight is 512 g/mol. The molecule has 1 saturated heterocycles. The van der Waals surface area contributed by atoms with Crippen molar-refractivity contribution in [3.05, 3.63) is 93.9 Å². The Morgan fingerprint density at radius 3 is 2.57 bits per heavy atom. The quantitative estimate of drug-likeness (QED) is 0.309. The van der Waals surface area contributed by atoms with Crippen LogP contribution in [0.4, 0.5) is 5.69 Å². The normalized spacial score (nSPS) is 16.2. The van der Waals surface area contributed by atoms with Gasteiger partial charge in [0, 0.05) is 11.6 Å². The van der Waals surface area contributed by atoms with E-state index in [0.717, 1.165) is 28.8 Å². The first kappa shape index (κ1) is 26.1. The molecule has 1 atom stereocenters. The number of carbonyl (C=O) groups is 1. The summed E-state index contributed by atoms with van der Waals surface area (Å²) in [5, 5.41) is 9.99. The van der Waals surface area contributed by atoms with E-state index >= 15 is 0 Å². The maximum absolute atomic E-state index is 13.4. The van der Waals surface area contributed by atoms with Crippen molar-refractivity contribution in [2.75, 3.05) is 7.11 Å². The van der Waals surface area contributed by atoms with Crippen molar-refractivity contribution in [3.8, 4) is 17.6 Å². The van der Waals surface area contributed by atoms with Crippen molar-refractivity contribution < 1.29 is 14.3 Å². The van der Waals surface area contributed by atoms with Crippen molar-refractivity contribution in [2.24, 2.45) is 4.99 Å². The van der Waals surface area contributed by atoms with Gasteiger partial charge in [0.05, 0.1) is 29.3 Å². The molecule has 1 heterocycles. The number of benzene rings is 3. The highest BCUT2D eigenvalue weighted by molar-refractivity contribution is 8.18. The second-order valence-electron chi connectivity index (χ2n) is 8.74. The van der Waals surface area contributed by atoms with Crippen molar-refractivity contribution >= 4 is 34.6 Å². The summed E-state index contributed by atoms with van der Waals surface area (Å²) in [6, 6.07) is 23.0. The van der Waals surface area contributed by atoms with Crippen LogP contribution in [-0.2, 0) is 11.4 Å². The summed E-state index contributed by atoms with van der Waals surface area (Å²) >= 11 is 1.38. The number of nitriles is 1. The number of thioether (sulfide) groups is 1. The van der Waals surface area contributed by atoms with Crippen LogP contribution in [0.3, 0.4) is 0 Å². The van der Waals surface area contributed by atoms with Crippen LogP contribution in [0.2, 0.25) is 0 Å². The minimum Gasteiger partial charge on any atom is -0.493 e. The van der Waals surface area contributed by atoms with Crippen LogP contribution in [0.25, 0.3) is 6.08 Å². The fraction of sp³-hybridized carbons (Fsp3) is 0.233. The predicted octanol–water partition coefficient (Wildman–Crippen LogP) is 6.86. The minimum atomic E-state index is -0.0578. The van der Waals surface area contributed by atoms with Gasteiger partial charge in [-0.1, -0.05) is 48.9 Å². The smallest absolute Gasteiger partial charge is 0.266 e. The van der Waals surface area contributed by atoms with Gasteiger partial charge < -0.3 is 9.47 Å². The summed E-state index contributed by atoms with van der Waals surface area (Å²) in [7, 11) is 1.58. The van der Waals surface area contributed by atoms with Gasteiger partial charge in [0.25, 0.3) is 5.91 Å². The maximum atomic E-state index is 13.4. The monoisotopic (exact) mass is 511 g/mol. The molecule has 0 aromatic heterocycles. The van der Waals surface area contributed by atoms with E-state index in [-0.39, 0.29) is 18.6 Å². The molecule has 0 N–H and O–H groups in total. The van der Waals surface area contributed by atoms with Crippen LogP contribution in [-0.4, -0.2) is 29.1 Å². The molecule has 1 aliphatic heterocycles. The summed E-state index contributed by atoms with van der Waals surface area (Å²) in [5.41, 5.74) is 4.18. The number of amides is 1. The second-order valence-corrected chi connectivity index (χ2v) is 9.75. The summed E-state index contributed by atoms with van der Waals surface area (Å²) in [6.45, 7) is 6.38. The van der Waals surface area contributed by atoms with Gasteiger partial charge in [0.2, 0.25) is 0 Å². The van der Waals surface area contributed by atoms with Gasteiger partial charge in [0.15, 0.2) is 16.7 Å². The second kappa shape index (κ2) is 11.8. The zero-order chi connectivity index (χ0) is 26.4. The third-order valence-electron chi connectivity index (χ3n) is 6.13. The molecule has 0 spiro atoms. The number of hydrogen-bond donors (Lipinski definition) is 0. The van der Waals surface area contributed by atoms with Crippen LogP contribution in [0.15, 0.2) is 76.6 Å². The lowest BCUT2D eigenvalue weighted by Crippen LogP contribution is -2.36. The Morgan fingerprint density at radius 1 is 1.11 bits per heavy atom. The molecule has 0 bridgehead atoms. The Morgan fingerprint density at radius 2 is 1.86 bits per heavy atom. The van der Waals surface area contributed by atoms with E-state index < -0.39 is 0 Å². The third-order valence-corrected chi connectivity index (χ3v) is 7.12. The van der Waals surface area contributed by atoms with Crippen molar-refractivity contribution in [2.45, 2.75) is 39.8 Å². The highest BCUT2D eigenvalue weighted by Crippen LogP contribution is 2.37. The number of rotatable bonds is 8. The van der Waals surface area contributed by atoms with E-state index in [1.807, 2.05) is 80.6 Å². The first-order valence-electron chi connectivity index (χ1n) is 12.1. The highest BCUT2D eigenvalue weighted by atomic mass is 32.2. The molecule has 188 valence electrons. The Hall–Kier alpha value is -4.02. The number of ether oxygens (including phenoxy) is 2. The van der Waals surface area contributed by atoms with Crippen LogP contribution >= 0.6 is 11.8 Å². The average Bonchev–Trinajstić information content (AvgIpc) is 3.22. The van der Waals surface area contributed by atoms with E-state index in [9.17, 15) is 10.1 Å². The lowest BCUT2D eigenvalue weighted by atomic mass is 10.1. The first-order chi connectivity index (χ1) is 17.9. The molecule has 1 amide bonds. The molecule has 0 aliphatic carbocycles. The fourth-order valence-electron chi connectivity index (χ4n) is 3.82. The summed E-state index contributed by atoms with van der Waals surface area (Å²) in [6.07, 6.45) is 2.68. The topological polar surface area (TPSA) is 74.9 Å². The Labute approximate surface area is 222 Å². The van der Waals surface area contributed by atoms with E-state index in [1.165, 1.54) is 11.8 Å². The molecule has 3 aromatic carbocycles. The van der Waals surface area contributed by atoms with Gasteiger partial charge in [-0.05, 0) is 74.0 Å². The molecule has 6 nitrogen and oxygen atoms in total. The van der Waals surface area contributed by atoms with Crippen LogP contribution in [0.5, 0.6) is 11.5 Å². The van der Waals surface area contributed by atoms with Crippen LogP contribution in [0.1, 0.15) is 42.5 Å². The number of aryl methyl sites for hydroxylation is 1. The molecule has 0 saturated carbocycles. The van der Waals surface area contributed by atoms with Crippen molar-refractivity contribution in [1.82, 2.24) is 4.90 Å². The first-order valence-corrected chi connectivity index (χ1v) is 12.9. The van der Waals surface area contributed by atoms with E-state index in [0.29, 0.717) is 27.1 Å². The molecular weight excluding hydrogens is 482 g/mol. The van der Waals surface area contributed by atoms with Crippen molar-refractivity contribution in [3.63, 3.8) is 0 Å². The lowest BCUT2D eigenvalue weighted by molar-refractivity contribution is -0.123. The van der Waals surface area contributed by atoms with E-state index in [4.69, 9.17) is 14.5 Å². The summed E-state index contributed by atoms with van der Waals surface area (Å²) < 4.78 is 11.5. The predicted molar refractivity (Wildman–Crippen MR) is 149 cm³/mol. The maximum Gasteiger partial charge on any atom is 0.266 e. The molecule has 7 heteroatoms. The molecule has 3 aromatic rings. The summed E-state index contributed by atoms with van der Waals surface area (Å²) in [4.78, 5) is 20.5. The lowest BCUT2D eigenvalue weighted by Gasteiger charge is -2.22. The molecule has 1 fully saturated rings. The van der Waals surface area contributed by atoms with E-state index in [2.05, 4.69) is 13.0 Å². The largest absolute Gasteiger partial charge is 0.493 e. The number of aliphatic imine (C=N–C) groups is 1. The third kappa shape index (κ3) is 6.04. The SMILES string of the molecule is CC[C@@H](C)N1C(=O)/C(=C\c2ccc(OCc3ccccc3C#N)c(OC)c2)SC1=Nc1ccc(C)cc1. The zero-order valence-corrected chi connectivity index (χ0v) is 22.2. The van der Waals surface area contributed by atoms with Gasteiger partial charge in [-0.2, -0.15) is 5.26 Å². The zero-order valence-electron chi connectivity index (χ0n) is 21.4. The van der Waals surface area contributed by atoms with Crippen LogP contribution in [0, 0.1) is 18.3 Å². The number of methoxy groups -OCH3 is 1. The molecule has 1 aliphatic rings. The molecular formula is C30H29N3O3S. The number of amidine groups is 1.